The van der Waals surface area contributed by atoms with E-state index in [0.717, 1.165) is 30.7 Å². The first-order valence-electron chi connectivity index (χ1n) is 11.2. The number of aromatic nitrogens is 5. The zero-order valence-corrected chi connectivity index (χ0v) is 18.7. The third-order valence-corrected chi connectivity index (χ3v) is 7.02. The van der Waals surface area contributed by atoms with Gasteiger partial charge in [0.15, 0.2) is 5.65 Å². The highest BCUT2D eigenvalue weighted by Crippen LogP contribution is 2.28. The van der Waals surface area contributed by atoms with Crippen LogP contribution in [0.1, 0.15) is 53.2 Å². The van der Waals surface area contributed by atoms with Crippen molar-refractivity contribution in [3.8, 4) is 0 Å². The number of aryl methyl sites for hydroxylation is 2. The molecule has 170 valence electrons. The van der Waals surface area contributed by atoms with Crippen LogP contribution in [0.5, 0.6) is 0 Å². The lowest BCUT2D eigenvalue weighted by molar-refractivity contribution is -0.115. The van der Waals surface area contributed by atoms with Crippen molar-refractivity contribution < 1.29 is 9.59 Å². The second kappa shape index (κ2) is 8.10. The van der Waals surface area contributed by atoms with E-state index in [1.54, 1.807) is 28.1 Å². The van der Waals surface area contributed by atoms with Gasteiger partial charge in [0.25, 0.3) is 5.91 Å². The van der Waals surface area contributed by atoms with Crippen molar-refractivity contribution in [2.24, 2.45) is 0 Å². The van der Waals surface area contributed by atoms with E-state index < -0.39 is 11.9 Å². The molecule has 0 unspecified atom stereocenters. The van der Waals surface area contributed by atoms with E-state index in [2.05, 4.69) is 36.3 Å². The first-order chi connectivity index (χ1) is 16.1. The van der Waals surface area contributed by atoms with Crippen molar-refractivity contribution in [1.29, 1.82) is 0 Å². The normalized spacial score (nSPS) is 19.3. The average Bonchev–Trinajstić information content (AvgIpc) is 3.35. The molecule has 33 heavy (non-hydrogen) atoms. The van der Waals surface area contributed by atoms with Crippen LogP contribution in [-0.2, 0) is 24.2 Å². The van der Waals surface area contributed by atoms with Gasteiger partial charge in [0, 0.05) is 16.5 Å². The molecule has 0 aromatic carbocycles. The number of rotatable bonds is 6. The van der Waals surface area contributed by atoms with Crippen molar-refractivity contribution in [2.45, 2.75) is 57.5 Å². The van der Waals surface area contributed by atoms with Gasteiger partial charge in [0.1, 0.15) is 10.7 Å². The zero-order valence-electron chi connectivity index (χ0n) is 17.8. The molecule has 4 heterocycles. The number of thiazole rings is 1. The van der Waals surface area contributed by atoms with Gasteiger partial charge in [0.05, 0.1) is 18.4 Å². The molecule has 1 saturated heterocycles. The van der Waals surface area contributed by atoms with Crippen molar-refractivity contribution in [1.82, 2.24) is 35.2 Å². The highest BCUT2D eigenvalue weighted by atomic mass is 32.1. The molecule has 2 aliphatic carbocycles. The van der Waals surface area contributed by atoms with Crippen LogP contribution in [0.2, 0.25) is 0 Å². The molecule has 3 aromatic rings. The van der Waals surface area contributed by atoms with Crippen molar-refractivity contribution in [3.63, 3.8) is 0 Å². The Labute approximate surface area is 193 Å². The van der Waals surface area contributed by atoms with Crippen LogP contribution in [0.4, 0.5) is 16.7 Å². The Kier molecular flexibility index (Phi) is 4.93. The van der Waals surface area contributed by atoms with Gasteiger partial charge in [-0.2, -0.15) is 19.6 Å². The van der Waals surface area contributed by atoms with E-state index in [9.17, 15) is 9.59 Å². The van der Waals surface area contributed by atoms with Crippen LogP contribution in [0, 0.1) is 0 Å². The Morgan fingerprint density at radius 1 is 1.12 bits per heavy atom. The molecule has 0 atom stereocenters. The summed E-state index contributed by atoms with van der Waals surface area (Å²) in [4.78, 5) is 38.9. The van der Waals surface area contributed by atoms with Gasteiger partial charge in [0.2, 0.25) is 11.9 Å². The first-order valence-corrected chi connectivity index (χ1v) is 12.0. The Morgan fingerprint density at radius 3 is 2.82 bits per heavy atom. The molecule has 0 spiro atoms. The number of amides is 3. The molecular weight excluding hydrogens is 442 g/mol. The Morgan fingerprint density at radius 2 is 2.00 bits per heavy atom. The Balaban J connectivity index is 1.30. The van der Waals surface area contributed by atoms with Crippen LogP contribution < -0.4 is 21.3 Å². The predicted molar refractivity (Wildman–Crippen MR) is 123 cm³/mol. The molecule has 1 saturated carbocycles. The van der Waals surface area contributed by atoms with E-state index in [-0.39, 0.29) is 5.70 Å². The maximum absolute atomic E-state index is 11.9. The number of hydrogen-bond donors (Lipinski definition) is 4. The third kappa shape index (κ3) is 4.13. The first kappa shape index (κ1) is 20.1. The fourth-order valence-electron chi connectivity index (χ4n) is 4.03. The van der Waals surface area contributed by atoms with Gasteiger partial charge < -0.3 is 16.0 Å². The minimum Gasteiger partial charge on any atom is -0.351 e. The summed E-state index contributed by atoms with van der Waals surface area (Å²) in [7, 11) is 0. The summed E-state index contributed by atoms with van der Waals surface area (Å²) in [5.74, 6) is 0.562. The Bertz CT molecular complexity index is 1270. The fourth-order valence-corrected chi connectivity index (χ4v) is 5.13. The lowest BCUT2D eigenvalue weighted by Gasteiger charge is -2.09. The van der Waals surface area contributed by atoms with Crippen molar-refractivity contribution in [3.05, 3.63) is 33.0 Å². The number of nitrogens with zero attached hydrogens (tertiary/aromatic N) is 5. The van der Waals surface area contributed by atoms with E-state index in [1.807, 2.05) is 0 Å². The number of hydrogen-bond acceptors (Lipinski definition) is 9. The molecule has 2 fully saturated rings. The number of anilines is 2. The van der Waals surface area contributed by atoms with Gasteiger partial charge in [-0.1, -0.05) is 6.42 Å². The van der Waals surface area contributed by atoms with Gasteiger partial charge in [-0.25, -0.2) is 9.78 Å². The monoisotopic (exact) mass is 465 g/mol. The SMILES string of the molecule is O=C1NC(=O)/C(=C/c2cnn3c(NC4CC4)nc(NCc4nc5c(s4)CCCCC5)nc23)N1. The van der Waals surface area contributed by atoms with Crippen molar-refractivity contribution in [2.75, 3.05) is 10.6 Å². The maximum atomic E-state index is 11.9. The molecule has 3 aromatic heterocycles. The van der Waals surface area contributed by atoms with E-state index >= 15 is 0 Å². The number of urea groups is 1. The number of nitrogens with one attached hydrogen (secondary N) is 4. The number of fused-ring (bicyclic) bond motifs is 2. The summed E-state index contributed by atoms with van der Waals surface area (Å²) in [6.07, 6.45) is 11.2. The maximum Gasteiger partial charge on any atom is 0.326 e. The molecule has 0 radical (unpaired) electrons. The zero-order chi connectivity index (χ0) is 22.4. The summed E-state index contributed by atoms with van der Waals surface area (Å²) in [6.45, 7) is 0.541. The lowest BCUT2D eigenvalue weighted by atomic mass is 10.2. The molecule has 4 N–H and O–H groups in total. The summed E-state index contributed by atoms with van der Waals surface area (Å²) in [6, 6.07) is -0.172. The number of imide groups is 1. The molecule has 0 bridgehead atoms. The van der Waals surface area contributed by atoms with Gasteiger partial charge in [-0.05, 0) is 44.6 Å². The molecule has 3 amide bonds. The number of carbonyl (C=O) groups excluding carboxylic acids is 2. The molecule has 12 heteroatoms. The molecule has 6 rings (SSSR count). The fraction of sp³-hybridized carbons (Fsp3) is 0.429. The van der Waals surface area contributed by atoms with Crippen LogP contribution in [-0.4, -0.2) is 42.5 Å². The van der Waals surface area contributed by atoms with Gasteiger partial charge in [-0.3, -0.25) is 10.1 Å². The molecule has 1 aliphatic heterocycles. The minimum atomic E-state index is -0.544. The quantitative estimate of drug-likeness (QED) is 0.247. The molecule has 11 nitrogen and oxygen atoms in total. The topological polar surface area (TPSA) is 138 Å². The van der Waals surface area contributed by atoms with Gasteiger partial charge in [-0.15, -0.1) is 11.3 Å². The summed E-state index contributed by atoms with van der Waals surface area (Å²) < 4.78 is 1.62. The Hall–Kier alpha value is -3.54. The van der Waals surface area contributed by atoms with Crippen molar-refractivity contribution >= 4 is 46.9 Å². The lowest BCUT2D eigenvalue weighted by Crippen LogP contribution is -2.22. The average molecular weight is 466 g/mol. The minimum absolute atomic E-state index is 0.156. The van der Waals surface area contributed by atoms with Crippen LogP contribution in [0.25, 0.3) is 11.7 Å². The van der Waals surface area contributed by atoms with Crippen LogP contribution >= 0.6 is 11.3 Å². The van der Waals surface area contributed by atoms with E-state index in [0.29, 0.717) is 35.7 Å². The highest BCUT2D eigenvalue weighted by Gasteiger charge is 2.26. The largest absolute Gasteiger partial charge is 0.351 e. The molecule has 3 aliphatic rings. The summed E-state index contributed by atoms with van der Waals surface area (Å²) in [5, 5.41) is 16.8. The second-order valence-electron chi connectivity index (χ2n) is 8.48. The summed E-state index contributed by atoms with van der Waals surface area (Å²) in [5.41, 5.74) is 2.53. The molecular formula is C21H23N9O2S. The second-order valence-corrected chi connectivity index (χ2v) is 9.65. The summed E-state index contributed by atoms with van der Waals surface area (Å²) >= 11 is 1.77. The predicted octanol–water partition coefficient (Wildman–Crippen LogP) is 2.22. The smallest absolute Gasteiger partial charge is 0.326 e. The van der Waals surface area contributed by atoms with Crippen LogP contribution in [0.15, 0.2) is 11.9 Å². The standard InChI is InChI=1S/C21H23N9O2S/c31-18-14(26-21(32)28-18)8-11-9-23-30-17(11)27-19(29-20(30)24-12-6-7-12)22-10-16-25-13-4-2-1-3-5-15(13)33-16/h8-9,12H,1-7,10H2,(H2,22,24,27,29)(H2,26,28,31,32)/b14-8-. The van der Waals surface area contributed by atoms with Crippen LogP contribution in [0.3, 0.4) is 0 Å². The highest BCUT2D eigenvalue weighted by molar-refractivity contribution is 7.11. The number of carbonyl (C=O) groups is 2. The van der Waals surface area contributed by atoms with Gasteiger partial charge >= 0.3 is 6.03 Å². The third-order valence-electron chi connectivity index (χ3n) is 5.86. The van der Waals surface area contributed by atoms with E-state index in [4.69, 9.17) is 4.98 Å². The van der Waals surface area contributed by atoms with E-state index in [1.165, 1.54) is 29.8 Å².